The molecule has 1 unspecified atom stereocenters. The Labute approximate surface area is 116 Å². The van der Waals surface area contributed by atoms with Crippen LogP contribution in [0.15, 0.2) is 0 Å². The molecule has 0 radical (unpaired) electrons. The molecule has 0 aromatic carbocycles. The van der Waals surface area contributed by atoms with Crippen LogP contribution >= 0.6 is 0 Å². The van der Waals surface area contributed by atoms with Crippen molar-refractivity contribution >= 4 is 11.8 Å². The molecule has 0 saturated heterocycles. The number of hydrogen-bond acceptors (Lipinski definition) is 3. The van der Waals surface area contributed by atoms with Crippen molar-refractivity contribution in [3.63, 3.8) is 0 Å². The van der Waals surface area contributed by atoms with E-state index in [1.165, 1.54) is 0 Å². The lowest BCUT2D eigenvalue weighted by Crippen LogP contribution is -2.41. The van der Waals surface area contributed by atoms with E-state index in [2.05, 4.69) is 5.32 Å². The molecule has 112 valence electrons. The zero-order valence-electron chi connectivity index (χ0n) is 12.6. The summed E-state index contributed by atoms with van der Waals surface area (Å²) in [5.74, 6) is -0.0232. The maximum atomic E-state index is 12.0. The van der Waals surface area contributed by atoms with Crippen LogP contribution in [-0.4, -0.2) is 42.4 Å². The van der Waals surface area contributed by atoms with Crippen molar-refractivity contribution in [1.82, 2.24) is 10.2 Å². The van der Waals surface area contributed by atoms with Gasteiger partial charge in [-0.15, -0.1) is 0 Å². The van der Waals surface area contributed by atoms with Gasteiger partial charge in [0.15, 0.2) is 0 Å². The molecule has 0 aromatic heterocycles. The van der Waals surface area contributed by atoms with Crippen LogP contribution in [-0.2, 0) is 9.59 Å². The summed E-state index contributed by atoms with van der Waals surface area (Å²) in [5, 5.41) is 2.80. The number of amides is 2. The normalized spacial score (nSPS) is 12.0. The predicted molar refractivity (Wildman–Crippen MR) is 77.7 cm³/mol. The van der Waals surface area contributed by atoms with Gasteiger partial charge >= 0.3 is 0 Å². The number of nitrogens with two attached hydrogens (primary N) is 1. The van der Waals surface area contributed by atoms with E-state index >= 15 is 0 Å². The molecule has 0 aliphatic heterocycles. The van der Waals surface area contributed by atoms with E-state index in [4.69, 9.17) is 5.73 Å². The van der Waals surface area contributed by atoms with Crippen molar-refractivity contribution in [2.24, 2.45) is 5.73 Å². The minimum atomic E-state index is -0.0733. The summed E-state index contributed by atoms with van der Waals surface area (Å²) in [4.78, 5) is 25.3. The standard InChI is InChI=1S/C14H29N3O2/c1-4-9-16-13(18)11-17(10-5-2)14(19)8-6-7-12(3)15/h12H,4-11,15H2,1-3H3,(H,16,18). The first kappa shape index (κ1) is 17.9. The minimum absolute atomic E-state index is 0.0501. The Morgan fingerprint density at radius 3 is 2.47 bits per heavy atom. The van der Waals surface area contributed by atoms with Gasteiger partial charge < -0.3 is 16.0 Å². The van der Waals surface area contributed by atoms with Gasteiger partial charge in [-0.2, -0.15) is 0 Å². The lowest BCUT2D eigenvalue weighted by atomic mass is 10.1. The van der Waals surface area contributed by atoms with Crippen LogP contribution in [0.4, 0.5) is 0 Å². The lowest BCUT2D eigenvalue weighted by molar-refractivity contribution is -0.136. The highest BCUT2D eigenvalue weighted by Crippen LogP contribution is 2.04. The first-order chi connectivity index (χ1) is 9.01. The van der Waals surface area contributed by atoms with Gasteiger partial charge in [-0.1, -0.05) is 13.8 Å². The molecule has 2 amide bonds. The van der Waals surface area contributed by atoms with Crippen molar-refractivity contribution in [3.05, 3.63) is 0 Å². The average molecular weight is 271 g/mol. The van der Waals surface area contributed by atoms with Gasteiger partial charge in [-0.05, 0) is 32.6 Å². The fourth-order valence-corrected chi connectivity index (χ4v) is 1.79. The number of rotatable bonds is 10. The maximum Gasteiger partial charge on any atom is 0.239 e. The van der Waals surface area contributed by atoms with Crippen molar-refractivity contribution in [1.29, 1.82) is 0 Å². The molecule has 0 aliphatic carbocycles. The third-order valence-electron chi connectivity index (χ3n) is 2.80. The van der Waals surface area contributed by atoms with Gasteiger partial charge in [0.05, 0.1) is 6.54 Å². The van der Waals surface area contributed by atoms with E-state index in [0.717, 1.165) is 25.7 Å². The van der Waals surface area contributed by atoms with Crippen LogP contribution in [0.25, 0.3) is 0 Å². The number of hydrogen-bond donors (Lipinski definition) is 2. The SMILES string of the molecule is CCCNC(=O)CN(CCC)C(=O)CCCC(C)N. The van der Waals surface area contributed by atoms with Crippen LogP contribution in [0.2, 0.25) is 0 Å². The minimum Gasteiger partial charge on any atom is -0.355 e. The van der Waals surface area contributed by atoms with E-state index in [1.54, 1.807) is 4.90 Å². The van der Waals surface area contributed by atoms with Crippen molar-refractivity contribution in [2.75, 3.05) is 19.6 Å². The third kappa shape index (κ3) is 9.47. The summed E-state index contributed by atoms with van der Waals surface area (Å²) >= 11 is 0. The lowest BCUT2D eigenvalue weighted by Gasteiger charge is -2.21. The summed E-state index contributed by atoms with van der Waals surface area (Å²) in [6, 6.07) is 0.125. The number of nitrogens with one attached hydrogen (secondary N) is 1. The smallest absolute Gasteiger partial charge is 0.239 e. The Balaban J connectivity index is 4.14. The Bertz CT molecular complexity index is 267. The summed E-state index contributed by atoms with van der Waals surface area (Å²) in [6.45, 7) is 7.42. The second-order valence-corrected chi connectivity index (χ2v) is 5.03. The largest absolute Gasteiger partial charge is 0.355 e. The molecule has 5 heteroatoms. The number of nitrogens with zero attached hydrogens (tertiary/aromatic N) is 1. The molecular weight excluding hydrogens is 242 g/mol. The van der Waals surface area contributed by atoms with Gasteiger partial charge in [-0.25, -0.2) is 0 Å². The van der Waals surface area contributed by atoms with Crippen LogP contribution in [0, 0.1) is 0 Å². The molecular formula is C14H29N3O2. The average Bonchev–Trinajstić information content (AvgIpc) is 2.35. The first-order valence-electron chi connectivity index (χ1n) is 7.31. The van der Waals surface area contributed by atoms with Gasteiger partial charge in [-0.3, -0.25) is 9.59 Å². The van der Waals surface area contributed by atoms with Crippen LogP contribution < -0.4 is 11.1 Å². The number of carbonyl (C=O) groups excluding carboxylic acids is 2. The molecule has 3 N–H and O–H groups in total. The van der Waals surface area contributed by atoms with Gasteiger partial charge in [0, 0.05) is 25.6 Å². The fourth-order valence-electron chi connectivity index (χ4n) is 1.79. The molecule has 0 rings (SSSR count). The van der Waals surface area contributed by atoms with Gasteiger partial charge in [0.2, 0.25) is 11.8 Å². The second kappa shape index (κ2) is 10.8. The molecule has 19 heavy (non-hydrogen) atoms. The highest BCUT2D eigenvalue weighted by atomic mass is 16.2. The van der Waals surface area contributed by atoms with E-state index in [9.17, 15) is 9.59 Å². The first-order valence-corrected chi connectivity index (χ1v) is 7.31. The molecule has 0 aromatic rings. The van der Waals surface area contributed by atoms with E-state index < -0.39 is 0 Å². The summed E-state index contributed by atoms with van der Waals surface area (Å²) < 4.78 is 0. The van der Waals surface area contributed by atoms with E-state index in [1.807, 2.05) is 20.8 Å². The Hall–Kier alpha value is -1.10. The topological polar surface area (TPSA) is 75.4 Å². The molecule has 5 nitrogen and oxygen atoms in total. The van der Waals surface area contributed by atoms with Crippen molar-refractivity contribution in [3.8, 4) is 0 Å². The highest BCUT2D eigenvalue weighted by molar-refractivity contribution is 5.84. The summed E-state index contributed by atoms with van der Waals surface area (Å²) in [7, 11) is 0. The fraction of sp³-hybridized carbons (Fsp3) is 0.857. The zero-order chi connectivity index (χ0) is 14.7. The molecule has 0 saturated carbocycles. The van der Waals surface area contributed by atoms with Crippen LogP contribution in [0.5, 0.6) is 0 Å². The Kier molecular flexibility index (Phi) is 10.2. The van der Waals surface area contributed by atoms with Crippen molar-refractivity contribution in [2.45, 2.75) is 58.9 Å². The predicted octanol–water partition coefficient (Wildman–Crippen LogP) is 1.27. The van der Waals surface area contributed by atoms with E-state index in [-0.39, 0.29) is 24.4 Å². The molecule has 0 aliphatic rings. The Morgan fingerprint density at radius 2 is 1.95 bits per heavy atom. The van der Waals surface area contributed by atoms with Gasteiger partial charge in [0.25, 0.3) is 0 Å². The quantitative estimate of drug-likeness (QED) is 0.628. The molecule has 0 heterocycles. The third-order valence-corrected chi connectivity index (χ3v) is 2.80. The second-order valence-electron chi connectivity index (χ2n) is 5.03. The molecule has 0 spiro atoms. The summed E-state index contributed by atoms with van der Waals surface area (Å²) in [6.07, 6.45) is 3.87. The highest BCUT2D eigenvalue weighted by Gasteiger charge is 2.15. The molecule has 0 bridgehead atoms. The van der Waals surface area contributed by atoms with Gasteiger partial charge in [0.1, 0.15) is 0 Å². The maximum absolute atomic E-state index is 12.0. The molecule has 1 atom stereocenters. The van der Waals surface area contributed by atoms with E-state index in [0.29, 0.717) is 19.5 Å². The zero-order valence-corrected chi connectivity index (χ0v) is 12.6. The monoisotopic (exact) mass is 271 g/mol. The van der Waals surface area contributed by atoms with Crippen molar-refractivity contribution < 1.29 is 9.59 Å². The number of carbonyl (C=O) groups is 2. The Morgan fingerprint density at radius 1 is 1.26 bits per heavy atom. The summed E-state index contributed by atoms with van der Waals surface area (Å²) in [5.41, 5.74) is 5.66. The van der Waals surface area contributed by atoms with Crippen LogP contribution in [0.3, 0.4) is 0 Å². The van der Waals surface area contributed by atoms with Crippen LogP contribution in [0.1, 0.15) is 52.9 Å². The molecule has 0 fully saturated rings.